The third kappa shape index (κ3) is 2.48. The van der Waals surface area contributed by atoms with Gasteiger partial charge in [0.1, 0.15) is 11.6 Å². The molecule has 1 aliphatic rings. The summed E-state index contributed by atoms with van der Waals surface area (Å²) in [6.45, 7) is 0. The van der Waals surface area contributed by atoms with E-state index >= 15 is 0 Å². The van der Waals surface area contributed by atoms with E-state index in [-0.39, 0.29) is 22.9 Å². The van der Waals surface area contributed by atoms with Crippen molar-refractivity contribution in [3.63, 3.8) is 0 Å². The molecule has 2 aromatic rings. The number of benzene rings is 1. The van der Waals surface area contributed by atoms with Gasteiger partial charge in [0.05, 0.1) is 39.1 Å². The molecule has 0 amide bonds. The zero-order chi connectivity index (χ0) is 18.8. The molecule has 0 saturated carbocycles. The van der Waals surface area contributed by atoms with Gasteiger partial charge in [-0.25, -0.2) is 4.98 Å². The fourth-order valence-corrected chi connectivity index (χ4v) is 2.96. The minimum Gasteiger partial charge on any atom is -0.493 e. The molecule has 1 aromatic carbocycles. The number of fused-ring (bicyclic) bond motifs is 1. The number of nitrogens with two attached hydrogens (primary N) is 1. The second-order valence-corrected chi connectivity index (χ2v) is 5.30. The van der Waals surface area contributed by atoms with Crippen LogP contribution in [-0.2, 0) is 0 Å². The van der Waals surface area contributed by atoms with Crippen molar-refractivity contribution < 1.29 is 18.9 Å². The van der Waals surface area contributed by atoms with E-state index in [0.29, 0.717) is 22.8 Å². The maximum absolute atomic E-state index is 12.4. The zero-order valence-electron chi connectivity index (χ0n) is 14.3. The van der Waals surface area contributed by atoms with Crippen molar-refractivity contribution in [2.75, 3.05) is 21.3 Å². The number of hydrogen-bond donors (Lipinski definition) is 2. The largest absolute Gasteiger partial charge is 0.493 e. The van der Waals surface area contributed by atoms with Crippen LogP contribution >= 0.6 is 0 Å². The number of rotatable bonds is 4. The van der Waals surface area contributed by atoms with E-state index < -0.39 is 11.5 Å². The van der Waals surface area contributed by atoms with Crippen LogP contribution in [0.4, 0.5) is 0 Å². The summed E-state index contributed by atoms with van der Waals surface area (Å²) in [7, 11) is 4.41. The van der Waals surface area contributed by atoms with Gasteiger partial charge in [-0.15, -0.1) is 0 Å². The lowest BCUT2D eigenvalue weighted by Crippen LogP contribution is -2.28. The molecule has 3 rings (SSSR count). The molecule has 1 aromatic heterocycles. The molecule has 0 spiro atoms. The number of H-pyrrole nitrogens is 1. The molecule has 134 valence electrons. The second kappa shape index (κ2) is 6.68. The number of nitrogens with one attached hydrogen (secondary N) is 1. The first-order chi connectivity index (χ1) is 12.6. The number of methoxy groups -OCH3 is 3. The van der Waals surface area contributed by atoms with Crippen LogP contribution in [-0.4, -0.2) is 31.3 Å². The van der Waals surface area contributed by atoms with Crippen molar-refractivity contribution in [2.24, 2.45) is 5.73 Å². The van der Waals surface area contributed by atoms with E-state index in [1.807, 2.05) is 6.07 Å². The molecule has 0 fully saturated rings. The Morgan fingerprint density at radius 1 is 1.23 bits per heavy atom. The Hall–Kier alpha value is -3.67. The lowest BCUT2D eigenvalue weighted by atomic mass is 9.84. The number of nitrogens with zero attached hydrogens (tertiary/aromatic N) is 2. The van der Waals surface area contributed by atoms with E-state index in [4.69, 9.17) is 24.7 Å². The minimum atomic E-state index is -0.837. The topological polar surface area (TPSA) is 132 Å². The van der Waals surface area contributed by atoms with Gasteiger partial charge in [-0.05, 0) is 6.07 Å². The van der Waals surface area contributed by atoms with E-state index in [0.717, 1.165) is 0 Å². The first kappa shape index (κ1) is 17.2. The summed E-state index contributed by atoms with van der Waals surface area (Å²) in [4.78, 5) is 18.9. The molecule has 0 saturated heterocycles. The van der Waals surface area contributed by atoms with Crippen LogP contribution in [0.25, 0.3) is 0 Å². The van der Waals surface area contributed by atoms with E-state index in [1.165, 1.54) is 27.7 Å². The number of hydrogen-bond acceptors (Lipinski definition) is 8. The molecular formula is C17H16N4O5. The van der Waals surface area contributed by atoms with Gasteiger partial charge in [0.15, 0.2) is 11.5 Å². The fourth-order valence-electron chi connectivity index (χ4n) is 2.96. The first-order valence-electron chi connectivity index (χ1n) is 7.51. The molecule has 26 heavy (non-hydrogen) atoms. The van der Waals surface area contributed by atoms with Crippen molar-refractivity contribution in [1.29, 1.82) is 5.26 Å². The molecular weight excluding hydrogens is 340 g/mol. The maximum atomic E-state index is 12.4. The maximum Gasteiger partial charge on any atom is 0.258 e. The monoisotopic (exact) mass is 356 g/mol. The Labute approximate surface area is 148 Å². The molecule has 0 bridgehead atoms. The van der Waals surface area contributed by atoms with Gasteiger partial charge >= 0.3 is 0 Å². The van der Waals surface area contributed by atoms with E-state index in [2.05, 4.69) is 9.97 Å². The predicted molar refractivity (Wildman–Crippen MR) is 90.3 cm³/mol. The summed E-state index contributed by atoms with van der Waals surface area (Å²) in [5.41, 5.74) is 6.16. The third-order valence-electron chi connectivity index (χ3n) is 4.07. The van der Waals surface area contributed by atoms with Gasteiger partial charge in [0.25, 0.3) is 5.56 Å². The van der Waals surface area contributed by atoms with Crippen LogP contribution in [0.3, 0.4) is 0 Å². The summed E-state index contributed by atoms with van der Waals surface area (Å²) < 4.78 is 21.5. The predicted octanol–water partition coefficient (Wildman–Crippen LogP) is 1.01. The molecule has 1 atom stereocenters. The molecule has 9 heteroatoms. The summed E-state index contributed by atoms with van der Waals surface area (Å²) in [6.07, 6.45) is 1.20. The van der Waals surface area contributed by atoms with Gasteiger partial charge < -0.3 is 29.7 Å². The average Bonchev–Trinajstić information content (AvgIpc) is 2.65. The summed E-state index contributed by atoms with van der Waals surface area (Å²) in [6, 6.07) is 5.34. The minimum absolute atomic E-state index is 0.0343. The molecule has 1 aliphatic heterocycles. The summed E-state index contributed by atoms with van der Waals surface area (Å²) >= 11 is 0. The molecule has 2 heterocycles. The van der Waals surface area contributed by atoms with Gasteiger partial charge in [-0.3, -0.25) is 4.79 Å². The number of ether oxygens (including phenoxy) is 4. The summed E-state index contributed by atoms with van der Waals surface area (Å²) in [5.74, 6) is 0.157. The lowest BCUT2D eigenvalue weighted by Gasteiger charge is -2.26. The number of aromatic amines is 1. The van der Waals surface area contributed by atoms with E-state index in [9.17, 15) is 10.1 Å². The SMILES string of the molecule is COc1ccc([C@H]2C(C#N)=C(N)Oc3nc[nH]c(=O)c32)c(OC)c1OC. The molecule has 3 N–H and O–H groups in total. The van der Waals surface area contributed by atoms with Crippen LogP contribution in [0.5, 0.6) is 23.1 Å². The Morgan fingerprint density at radius 3 is 2.58 bits per heavy atom. The molecule has 0 aliphatic carbocycles. The van der Waals surface area contributed by atoms with Gasteiger partial charge in [0, 0.05) is 5.56 Å². The smallest absolute Gasteiger partial charge is 0.258 e. The van der Waals surface area contributed by atoms with Gasteiger partial charge in [-0.1, -0.05) is 6.07 Å². The second-order valence-electron chi connectivity index (χ2n) is 5.30. The molecule has 0 radical (unpaired) electrons. The van der Waals surface area contributed by atoms with Crippen molar-refractivity contribution in [2.45, 2.75) is 5.92 Å². The Morgan fingerprint density at radius 2 is 1.96 bits per heavy atom. The van der Waals surface area contributed by atoms with E-state index in [1.54, 1.807) is 12.1 Å². The summed E-state index contributed by atoms with van der Waals surface area (Å²) in [5, 5.41) is 9.60. The quantitative estimate of drug-likeness (QED) is 0.829. The van der Waals surface area contributed by atoms with Crippen LogP contribution in [0.15, 0.2) is 34.7 Å². The fraction of sp³-hybridized carbons (Fsp3) is 0.235. The molecule has 0 unspecified atom stereocenters. The normalized spacial score (nSPS) is 15.5. The number of allylic oxidation sites excluding steroid dienone is 1. The number of aromatic nitrogens is 2. The van der Waals surface area contributed by atoms with Crippen molar-refractivity contribution in [3.05, 3.63) is 51.4 Å². The standard InChI is InChI=1S/C17H16N4O5/c1-23-10-5-4-8(13(24-2)14(10)25-3)11-9(6-18)15(19)26-17-12(11)16(22)20-7-21-17/h4-5,7,11H,19H2,1-3H3,(H,20,21,22)/t11-/m0/s1. The third-order valence-corrected chi connectivity index (χ3v) is 4.07. The Bertz CT molecular complexity index is 990. The Balaban J connectivity index is 2.36. The van der Waals surface area contributed by atoms with Crippen LogP contribution in [0, 0.1) is 11.3 Å². The van der Waals surface area contributed by atoms with Gasteiger partial charge in [0.2, 0.25) is 17.5 Å². The number of nitriles is 1. The lowest BCUT2D eigenvalue weighted by molar-refractivity contribution is 0.320. The highest BCUT2D eigenvalue weighted by atomic mass is 16.5. The highest BCUT2D eigenvalue weighted by Gasteiger charge is 2.37. The Kier molecular flexibility index (Phi) is 4.41. The highest BCUT2D eigenvalue weighted by molar-refractivity contribution is 5.63. The van der Waals surface area contributed by atoms with Crippen LogP contribution in [0.1, 0.15) is 17.0 Å². The van der Waals surface area contributed by atoms with Crippen molar-refractivity contribution in [3.8, 4) is 29.2 Å². The molecule has 9 nitrogen and oxygen atoms in total. The van der Waals surface area contributed by atoms with Crippen LogP contribution in [0.2, 0.25) is 0 Å². The van der Waals surface area contributed by atoms with Gasteiger partial charge in [-0.2, -0.15) is 5.26 Å². The highest BCUT2D eigenvalue weighted by Crippen LogP contribution is 2.48. The zero-order valence-corrected chi connectivity index (χ0v) is 14.3. The van der Waals surface area contributed by atoms with Crippen molar-refractivity contribution >= 4 is 0 Å². The average molecular weight is 356 g/mol. The first-order valence-corrected chi connectivity index (χ1v) is 7.51. The van der Waals surface area contributed by atoms with Crippen LogP contribution < -0.4 is 30.2 Å². The van der Waals surface area contributed by atoms with Crippen molar-refractivity contribution in [1.82, 2.24) is 9.97 Å².